The van der Waals surface area contributed by atoms with E-state index in [4.69, 9.17) is 0 Å². The van der Waals surface area contributed by atoms with Crippen molar-refractivity contribution in [1.29, 1.82) is 0 Å². The third-order valence-corrected chi connectivity index (χ3v) is 3.91. The summed E-state index contributed by atoms with van der Waals surface area (Å²) in [6, 6.07) is 18.7. The molecule has 0 amide bonds. The highest BCUT2D eigenvalue weighted by Gasteiger charge is 2.20. The van der Waals surface area contributed by atoms with Crippen LogP contribution in [0.25, 0.3) is 0 Å². The van der Waals surface area contributed by atoms with Crippen molar-refractivity contribution in [2.24, 2.45) is 5.92 Å². The van der Waals surface area contributed by atoms with E-state index in [1.807, 2.05) is 12.1 Å². The maximum absolute atomic E-state index is 9.44. The average molecular weight is 283 g/mol. The minimum absolute atomic E-state index is 0.290. The van der Waals surface area contributed by atoms with Crippen LogP contribution in [0.15, 0.2) is 54.6 Å². The van der Waals surface area contributed by atoms with E-state index in [-0.39, 0.29) is 0 Å². The molecule has 0 fully saturated rings. The average Bonchev–Trinajstić information content (AvgIpc) is 2.50. The van der Waals surface area contributed by atoms with Crippen molar-refractivity contribution in [3.8, 4) is 5.75 Å². The zero-order valence-electron chi connectivity index (χ0n) is 13.1. The maximum Gasteiger partial charge on any atom is 0.115 e. The van der Waals surface area contributed by atoms with Gasteiger partial charge in [0.15, 0.2) is 0 Å². The standard InChI is InChI=1S/C19H25NO/c1-4-18(15-10-12-17(21)13-11-15)20-19(14(2)3)16-8-6-5-7-9-16/h5-14,18-21H,4H2,1-3H3. The van der Waals surface area contributed by atoms with Crippen molar-refractivity contribution in [3.05, 3.63) is 65.7 Å². The highest BCUT2D eigenvalue weighted by atomic mass is 16.3. The molecule has 2 aromatic carbocycles. The fourth-order valence-corrected chi connectivity index (χ4v) is 2.71. The van der Waals surface area contributed by atoms with Crippen LogP contribution in [-0.2, 0) is 0 Å². The van der Waals surface area contributed by atoms with Crippen molar-refractivity contribution < 1.29 is 5.11 Å². The molecule has 0 aliphatic carbocycles. The SMILES string of the molecule is CCC(NC(c1ccccc1)C(C)C)c1ccc(O)cc1. The van der Waals surface area contributed by atoms with Crippen LogP contribution in [0.3, 0.4) is 0 Å². The molecule has 0 saturated heterocycles. The molecule has 0 spiro atoms. The Morgan fingerprint density at radius 2 is 1.52 bits per heavy atom. The smallest absolute Gasteiger partial charge is 0.115 e. The Morgan fingerprint density at radius 3 is 2.05 bits per heavy atom. The summed E-state index contributed by atoms with van der Waals surface area (Å²) in [5, 5.41) is 13.2. The Hall–Kier alpha value is -1.80. The molecule has 2 atom stereocenters. The summed E-state index contributed by atoms with van der Waals surface area (Å²) < 4.78 is 0. The van der Waals surface area contributed by atoms with Crippen molar-refractivity contribution >= 4 is 0 Å². The highest BCUT2D eigenvalue weighted by molar-refractivity contribution is 5.28. The third kappa shape index (κ3) is 4.08. The third-order valence-electron chi connectivity index (χ3n) is 3.91. The van der Waals surface area contributed by atoms with E-state index in [0.717, 1.165) is 6.42 Å². The minimum Gasteiger partial charge on any atom is -0.508 e. The molecule has 0 aromatic heterocycles. The van der Waals surface area contributed by atoms with Gasteiger partial charge >= 0.3 is 0 Å². The lowest BCUT2D eigenvalue weighted by Crippen LogP contribution is -2.29. The number of aromatic hydroxyl groups is 1. The van der Waals surface area contributed by atoms with Gasteiger partial charge in [-0.25, -0.2) is 0 Å². The predicted molar refractivity (Wildman–Crippen MR) is 88.3 cm³/mol. The van der Waals surface area contributed by atoms with Crippen LogP contribution < -0.4 is 5.32 Å². The number of benzene rings is 2. The fourth-order valence-electron chi connectivity index (χ4n) is 2.71. The van der Waals surface area contributed by atoms with Gasteiger partial charge in [-0.2, -0.15) is 0 Å². The molecular weight excluding hydrogens is 258 g/mol. The monoisotopic (exact) mass is 283 g/mol. The number of phenolic OH excluding ortho intramolecular Hbond substituents is 1. The normalized spacial score (nSPS) is 14.1. The first-order chi connectivity index (χ1) is 10.1. The number of hydrogen-bond donors (Lipinski definition) is 2. The molecule has 0 bridgehead atoms. The second-order valence-electron chi connectivity index (χ2n) is 5.85. The van der Waals surface area contributed by atoms with E-state index in [9.17, 15) is 5.11 Å². The molecule has 21 heavy (non-hydrogen) atoms. The van der Waals surface area contributed by atoms with Gasteiger partial charge in [0.25, 0.3) is 0 Å². The van der Waals surface area contributed by atoms with Gasteiger partial charge in [0, 0.05) is 12.1 Å². The molecule has 2 N–H and O–H groups in total. The van der Waals surface area contributed by atoms with Gasteiger partial charge in [-0.3, -0.25) is 0 Å². The van der Waals surface area contributed by atoms with Crippen molar-refractivity contribution in [3.63, 3.8) is 0 Å². The molecule has 0 aliphatic heterocycles. The Bertz CT molecular complexity index is 533. The predicted octanol–water partition coefficient (Wildman–Crippen LogP) is 4.83. The highest BCUT2D eigenvalue weighted by Crippen LogP contribution is 2.28. The molecule has 2 unspecified atom stereocenters. The topological polar surface area (TPSA) is 32.3 Å². The molecule has 2 heteroatoms. The lowest BCUT2D eigenvalue weighted by molar-refractivity contribution is 0.356. The lowest BCUT2D eigenvalue weighted by Gasteiger charge is -2.28. The van der Waals surface area contributed by atoms with Gasteiger partial charge < -0.3 is 10.4 Å². The van der Waals surface area contributed by atoms with Gasteiger partial charge in [0.05, 0.1) is 0 Å². The van der Waals surface area contributed by atoms with E-state index in [0.29, 0.717) is 23.8 Å². The largest absolute Gasteiger partial charge is 0.508 e. The molecular formula is C19H25NO. The number of phenols is 1. The molecule has 0 saturated carbocycles. The van der Waals surface area contributed by atoms with Crippen LogP contribution >= 0.6 is 0 Å². The van der Waals surface area contributed by atoms with Crippen LogP contribution in [0.1, 0.15) is 50.4 Å². The second kappa shape index (κ2) is 7.28. The van der Waals surface area contributed by atoms with Gasteiger partial charge in [-0.15, -0.1) is 0 Å². The Labute approximate surface area is 127 Å². The van der Waals surface area contributed by atoms with Crippen molar-refractivity contribution in [1.82, 2.24) is 5.32 Å². The van der Waals surface area contributed by atoms with E-state index in [1.54, 1.807) is 12.1 Å². The lowest BCUT2D eigenvalue weighted by atomic mass is 9.93. The molecule has 2 rings (SSSR count). The van der Waals surface area contributed by atoms with Gasteiger partial charge in [0.2, 0.25) is 0 Å². The van der Waals surface area contributed by atoms with Crippen molar-refractivity contribution in [2.45, 2.75) is 39.3 Å². The van der Waals surface area contributed by atoms with Gasteiger partial charge in [-0.05, 0) is 35.6 Å². The van der Waals surface area contributed by atoms with Crippen LogP contribution in [-0.4, -0.2) is 5.11 Å². The molecule has 0 aliphatic rings. The van der Waals surface area contributed by atoms with Crippen LogP contribution in [0.5, 0.6) is 5.75 Å². The van der Waals surface area contributed by atoms with E-state index >= 15 is 0 Å². The van der Waals surface area contributed by atoms with E-state index in [1.165, 1.54) is 11.1 Å². The van der Waals surface area contributed by atoms with Crippen LogP contribution in [0.4, 0.5) is 0 Å². The molecule has 0 radical (unpaired) electrons. The first-order valence-corrected chi connectivity index (χ1v) is 7.71. The Morgan fingerprint density at radius 1 is 0.905 bits per heavy atom. The van der Waals surface area contributed by atoms with Gasteiger partial charge in [0.1, 0.15) is 5.75 Å². The summed E-state index contributed by atoms with van der Waals surface area (Å²) in [5.74, 6) is 0.829. The van der Waals surface area contributed by atoms with E-state index in [2.05, 4.69) is 56.4 Å². The number of nitrogens with one attached hydrogen (secondary N) is 1. The van der Waals surface area contributed by atoms with Crippen LogP contribution in [0, 0.1) is 5.92 Å². The summed E-state index contributed by atoms with van der Waals surface area (Å²) in [4.78, 5) is 0. The molecule has 112 valence electrons. The summed E-state index contributed by atoms with van der Waals surface area (Å²) >= 11 is 0. The summed E-state index contributed by atoms with van der Waals surface area (Å²) in [7, 11) is 0. The quantitative estimate of drug-likeness (QED) is 0.795. The first-order valence-electron chi connectivity index (χ1n) is 7.71. The zero-order chi connectivity index (χ0) is 15.2. The summed E-state index contributed by atoms with van der Waals surface area (Å²) in [6.07, 6.45) is 1.01. The second-order valence-corrected chi connectivity index (χ2v) is 5.85. The summed E-state index contributed by atoms with van der Waals surface area (Å²) in [6.45, 7) is 6.68. The molecule has 2 aromatic rings. The minimum atomic E-state index is 0.290. The number of rotatable bonds is 6. The first kappa shape index (κ1) is 15.6. The maximum atomic E-state index is 9.44. The van der Waals surface area contributed by atoms with Crippen molar-refractivity contribution in [2.75, 3.05) is 0 Å². The number of hydrogen-bond acceptors (Lipinski definition) is 2. The van der Waals surface area contributed by atoms with E-state index < -0.39 is 0 Å². The fraction of sp³-hybridized carbons (Fsp3) is 0.368. The summed E-state index contributed by atoms with van der Waals surface area (Å²) in [5.41, 5.74) is 2.54. The zero-order valence-corrected chi connectivity index (χ0v) is 13.1. The Kier molecular flexibility index (Phi) is 5.40. The van der Waals surface area contributed by atoms with Crippen LogP contribution in [0.2, 0.25) is 0 Å². The molecule has 0 heterocycles. The molecule has 2 nitrogen and oxygen atoms in total. The Balaban J connectivity index is 2.20. The van der Waals surface area contributed by atoms with Gasteiger partial charge in [-0.1, -0.05) is 63.2 Å².